The van der Waals surface area contributed by atoms with Crippen LogP contribution in [0.3, 0.4) is 0 Å². The number of halogens is 2. The lowest BCUT2D eigenvalue weighted by molar-refractivity contribution is 0.525. The third-order valence-corrected chi connectivity index (χ3v) is 3.99. The zero-order valence-electron chi connectivity index (χ0n) is 9.94. The van der Waals surface area contributed by atoms with Crippen molar-refractivity contribution in [3.8, 4) is 0 Å². The molecule has 1 aromatic heterocycles. The third-order valence-electron chi connectivity index (χ3n) is 3.03. The number of fused-ring (bicyclic) bond motifs is 1. The zero-order valence-corrected chi connectivity index (χ0v) is 12.9. The van der Waals surface area contributed by atoms with E-state index in [2.05, 4.69) is 22.6 Å². The summed E-state index contributed by atoms with van der Waals surface area (Å²) in [6.45, 7) is 0. The van der Waals surface area contributed by atoms with Crippen LogP contribution in [0.2, 0.25) is 5.02 Å². The van der Waals surface area contributed by atoms with Crippen LogP contribution in [0.4, 0.5) is 0 Å². The minimum absolute atomic E-state index is 0.261. The lowest BCUT2D eigenvalue weighted by Crippen LogP contribution is -2.10. The number of furan rings is 1. The van der Waals surface area contributed by atoms with E-state index < -0.39 is 0 Å². The molecule has 96 valence electrons. The van der Waals surface area contributed by atoms with Gasteiger partial charge in [-0.25, -0.2) is 0 Å². The summed E-state index contributed by atoms with van der Waals surface area (Å²) in [4.78, 5) is 0. The van der Waals surface area contributed by atoms with Crippen molar-refractivity contribution >= 4 is 45.2 Å². The first-order chi connectivity index (χ1) is 9.13. The van der Waals surface area contributed by atoms with Crippen molar-refractivity contribution in [1.29, 1.82) is 0 Å². The van der Waals surface area contributed by atoms with Gasteiger partial charge in [0, 0.05) is 14.0 Å². The van der Waals surface area contributed by atoms with Crippen molar-refractivity contribution < 1.29 is 4.42 Å². The van der Waals surface area contributed by atoms with Crippen molar-refractivity contribution in [2.75, 3.05) is 0 Å². The first kappa shape index (κ1) is 13.0. The molecule has 0 aliphatic rings. The predicted octanol–water partition coefficient (Wildman–Crippen LogP) is 4.74. The first-order valence-electron chi connectivity index (χ1n) is 5.83. The summed E-state index contributed by atoms with van der Waals surface area (Å²) in [6, 6.07) is 15.4. The second-order valence-corrected chi connectivity index (χ2v) is 6.04. The molecule has 2 aromatic carbocycles. The van der Waals surface area contributed by atoms with Gasteiger partial charge in [0.15, 0.2) is 0 Å². The van der Waals surface area contributed by atoms with Gasteiger partial charge in [0.2, 0.25) is 0 Å². The summed E-state index contributed by atoms with van der Waals surface area (Å²) < 4.78 is 6.97. The molecule has 0 radical (unpaired) electrons. The van der Waals surface area contributed by atoms with Crippen molar-refractivity contribution in [3.63, 3.8) is 0 Å². The number of hydrogen-bond donors (Lipinski definition) is 1. The predicted molar refractivity (Wildman–Crippen MR) is 86.4 cm³/mol. The largest absolute Gasteiger partial charge is 0.459 e. The highest BCUT2D eigenvalue weighted by atomic mass is 127. The second kappa shape index (κ2) is 5.15. The molecule has 0 fully saturated rings. The maximum Gasteiger partial charge on any atom is 0.134 e. The summed E-state index contributed by atoms with van der Waals surface area (Å²) in [5, 5.41) is 1.67. The number of nitrogens with two attached hydrogens (primary N) is 1. The van der Waals surface area contributed by atoms with Gasteiger partial charge in [0.05, 0.1) is 6.04 Å². The monoisotopic (exact) mass is 383 g/mol. The Balaban J connectivity index is 2.01. The fraction of sp³-hybridized carbons (Fsp3) is 0.0667. The zero-order chi connectivity index (χ0) is 13.4. The fourth-order valence-corrected chi connectivity index (χ4v) is 2.56. The Morgan fingerprint density at radius 2 is 1.79 bits per heavy atom. The van der Waals surface area contributed by atoms with Crippen molar-refractivity contribution in [2.45, 2.75) is 6.04 Å². The van der Waals surface area contributed by atoms with Crippen LogP contribution < -0.4 is 5.73 Å². The van der Waals surface area contributed by atoms with E-state index in [-0.39, 0.29) is 6.04 Å². The summed E-state index contributed by atoms with van der Waals surface area (Å²) in [5.41, 5.74) is 8.08. The van der Waals surface area contributed by atoms with Gasteiger partial charge >= 0.3 is 0 Å². The van der Waals surface area contributed by atoms with Gasteiger partial charge in [-0.3, -0.25) is 0 Å². The van der Waals surface area contributed by atoms with Crippen molar-refractivity contribution in [2.24, 2.45) is 5.73 Å². The van der Waals surface area contributed by atoms with Crippen LogP contribution in [0.15, 0.2) is 52.9 Å². The maximum atomic E-state index is 6.24. The molecule has 0 saturated carbocycles. The Kier molecular flexibility index (Phi) is 3.52. The lowest BCUT2D eigenvalue weighted by Gasteiger charge is -2.08. The summed E-state index contributed by atoms with van der Waals surface area (Å²) in [5.74, 6) is 0.749. The highest BCUT2D eigenvalue weighted by Gasteiger charge is 2.14. The molecule has 0 aliphatic carbocycles. The SMILES string of the molecule is NC(c1ccc(I)cc1)c1cc2cc(Cl)ccc2o1. The van der Waals surface area contributed by atoms with Crippen molar-refractivity contribution in [1.82, 2.24) is 0 Å². The van der Waals surface area contributed by atoms with Crippen LogP contribution in [-0.4, -0.2) is 0 Å². The van der Waals surface area contributed by atoms with Crippen LogP contribution >= 0.6 is 34.2 Å². The topological polar surface area (TPSA) is 39.2 Å². The van der Waals surface area contributed by atoms with Gasteiger partial charge in [-0.05, 0) is 64.6 Å². The molecule has 3 rings (SSSR count). The first-order valence-corrected chi connectivity index (χ1v) is 7.29. The average Bonchev–Trinajstić information content (AvgIpc) is 2.81. The molecular weight excluding hydrogens is 373 g/mol. The third kappa shape index (κ3) is 2.63. The molecule has 4 heteroatoms. The smallest absolute Gasteiger partial charge is 0.134 e. The molecule has 1 unspecified atom stereocenters. The normalized spacial score (nSPS) is 12.8. The van der Waals surface area contributed by atoms with Crippen LogP contribution in [0.25, 0.3) is 11.0 Å². The molecule has 1 atom stereocenters. The van der Waals surface area contributed by atoms with Crippen LogP contribution in [0, 0.1) is 3.57 Å². The van der Waals surface area contributed by atoms with Gasteiger partial charge in [-0.15, -0.1) is 0 Å². The van der Waals surface area contributed by atoms with Gasteiger partial charge in [-0.1, -0.05) is 23.7 Å². The van der Waals surface area contributed by atoms with Crippen molar-refractivity contribution in [3.05, 3.63) is 68.4 Å². The number of hydrogen-bond acceptors (Lipinski definition) is 2. The Morgan fingerprint density at radius 3 is 2.53 bits per heavy atom. The minimum Gasteiger partial charge on any atom is -0.459 e. The Morgan fingerprint density at radius 1 is 1.05 bits per heavy atom. The van der Waals surface area contributed by atoms with Gasteiger partial charge in [0.25, 0.3) is 0 Å². The Hall–Kier alpha value is -1.04. The molecule has 1 heterocycles. The maximum absolute atomic E-state index is 6.24. The fourth-order valence-electron chi connectivity index (χ4n) is 2.02. The molecule has 0 amide bonds. The average molecular weight is 384 g/mol. The summed E-state index contributed by atoms with van der Waals surface area (Å²) >= 11 is 8.24. The van der Waals surface area contributed by atoms with E-state index in [0.29, 0.717) is 5.02 Å². The van der Waals surface area contributed by atoms with Gasteiger partial charge in [-0.2, -0.15) is 0 Å². The quantitative estimate of drug-likeness (QED) is 0.649. The molecule has 2 N–H and O–H groups in total. The van der Waals surface area contributed by atoms with Gasteiger partial charge < -0.3 is 10.2 Å². The van der Waals surface area contributed by atoms with E-state index in [1.165, 1.54) is 3.57 Å². The van der Waals surface area contributed by atoms with E-state index in [9.17, 15) is 0 Å². The van der Waals surface area contributed by atoms with E-state index in [0.717, 1.165) is 22.3 Å². The highest BCUT2D eigenvalue weighted by molar-refractivity contribution is 14.1. The highest BCUT2D eigenvalue weighted by Crippen LogP contribution is 2.28. The van der Waals surface area contributed by atoms with E-state index >= 15 is 0 Å². The van der Waals surface area contributed by atoms with E-state index in [4.69, 9.17) is 21.8 Å². The van der Waals surface area contributed by atoms with Gasteiger partial charge in [0.1, 0.15) is 11.3 Å². The van der Waals surface area contributed by atoms with Crippen LogP contribution in [0.5, 0.6) is 0 Å². The molecule has 19 heavy (non-hydrogen) atoms. The minimum atomic E-state index is -0.261. The Bertz CT molecular complexity index is 721. The lowest BCUT2D eigenvalue weighted by atomic mass is 10.1. The summed E-state index contributed by atoms with van der Waals surface area (Å²) in [6.07, 6.45) is 0. The van der Waals surface area contributed by atoms with Crippen LogP contribution in [0.1, 0.15) is 17.4 Å². The number of benzene rings is 2. The molecule has 3 aromatic rings. The van der Waals surface area contributed by atoms with E-state index in [1.54, 1.807) is 0 Å². The Labute approximate surface area is 129 Å². The summed E-state index contributed by atoms with van der Waals surface area (Å²) in [7, 11) is 0. The molecular formula is C15H11ClINO. The second-order valence-electron chi connectivity index (χ2n) is 4.36. The molecule has 0 spiro atoms. The van der Waals surface area contributed by atoms with E-state index in [1.807, 2.05) is 48.5 Å². The molecule has 0 saturated heterocycles. The molecule has 0 bridgehead atoms. The molecule has 0 aliphatic heterocycles. The standard InChI is InChI=1S/C15H11ClINO/c16-11-3-6-13-10(7-11)8-14(19-13)15(18)9-1-4-12(17)5-2-9/h1-8,15H,18H2. The molecule has 2 nitrogen and oxygen atoms in total. The number of rotatable bonds is 2. The van der Waals surface area contributed by atoms with Crippen LogP contribution in [-0.2, 0) is 0 Å².